The molecule has 0 amide bonds. The summed E-state index contributed by atoms with van der Waals surface area (Å²) in [4.78, 5) is 12.0. The Balaban J connectivity index is 1.60. The van der Waals surface area contributed by atoms with E-state index in [1.54, 1.807) is 48.5 Å². The normalized spacial score (nSPS) is 10.9. The summed E-state index contributed by atoms with van der Waals surface area (Å²) in [5.74, 6) is -0.0320. The lowest BCUT2D eigenvalue weighted by atomic mass is 10.0. The smallest absolute Gasteiger partial charge is 0.349 e. The highest BCUT2D eigenvalue weighted by Gasteiger charge is 2.08. The molecular weight excluding hydrogens is 381 g/mol. The zero-order valence-electron chi connectivity index (χ0n) is 16.5. The molecule has 0 bridgehead atoms. The third-order valence-electron chi connectivity index (χ3n) is 4.40. The number of hydrogen-bond donors (Lipinski definition) is 0. The average molecular weight is 401 g/mol. The number of aryl methyl sites for hydroxylation is 1. The molecule has 0 aliphatic carbocycles. The second kappa shape index (κ2) is 10.0. The predicted molar refractivity (Wildman–Crippen MR) is 113 cm³/mol. The number of carbonyl (C=O) groups is 1. The number of nitriles is 1. The maximum Gasteiger partial charge on any atom is 0.349 e. The summed E-state index contributed by atoms with van der Waals surface area (Å²) < 4.78 is 24.6. The Kier molecular flexibility index (Phi) is 6.96. The summed E-state index contributed by atoms with van der Waals surface area (Å²) in [6, 6.07) is 22.2. The minimum Gasteiger partial charge on any atom is -0.482 e. The van der Waals surface area contributed by atoms with Gasteiger partial charge < -0.3 is 9.47 Å². The first kappa shape index (κ1) is 20.8. The number of allylic oxidation sites excluding steroid dienone is 1. The number of hydrogen-bond acceptors (Lipinski definition) is 4. The van der Waals surface area contributed by atoms with Gasteiger partial charge in [-0.2, -0.15) is 5.26 Å². The van der Waals surface area contributed by atoms with Crippen LogP contribution in [0.1, 0.15) is 23.6 Å². The Labute approximate surface area is 174 Å². The average Bonchev–Trinajstić information content (AvgIpc) is 2.78. The predicted octanol–water partition coefficient (Wildman–Crippen LogP) is 5.44. The molecule has 30 heavy (non-hydrogen) atoms. The molecule has 4 nitrogen and oxygen atoms in total. The highest BCUT2D eigenvalue weighted by atomic mass is 19.1. The number of halogens is 1. The number of benzene rings is 3. The van der Waals surface area contributed by atoms with Crippen molar-refractivity contribution in [2.75, 3.05) is 6.61 Å². The Morgan fingerprint density at radius 2 is 1.67 bits per heavy atom. The Hall–Kier alpha value is -3.91. The summed E-state index contributed by atoms with van der Waals surface area (Å²) in [6.45, 7) is 1.86. The lowest BCUT2D eigenvalue weighted by molar-refractivity contribution is -0.136. The minimum absolute atomic E-state index is 0.209. The molecule has 0 aliphatic rings. The molecule has 5 heteroatoms. The van der Waals surface area contributed by atoms with Crippen LogP contribution in [-0.4, -0.2) is 12.6 Å². The molecule has 0 spiro atoms. The zero-order valence-corrected chi connectivity index (χ0v) is 16.5. The van der Waals surface area contributed by atoms with Crippen molar-refractivity contribution in [2.45, 2.75) is 13.3 Å². The Bertz CT molecular complexity index is 1080. The van der Waals surface area contributed by atoms with E-state index in [2.05, 4.69) is 6.92 Å². The third-order valence-corrected chi connectivity index (χ3v) is 4.40. The highest BCUT2D eigenvalue weighted by Crippen LogP contribution is 2.22. The summed E-state index contributed by atoms with van der Waals surface area (Å²) >= 11 is 0. The summed E-state index contributed by atoms with van der Waals surface area (Å²) in [5.41, 5.74) is 2.32. The quantitative estimate of drug-likeness (QED) is 0.229. The molecule has 0 atom stereocenters. The maximum atomic E-state index is 13.9. The van der Waals surface area contributed by atoms with Crippen molar-refractivity contribution >= 4 is 17.6 Å². The van der Waals surface area contributed by atoms with Gasteiger partial charge in [0.25, 0.3) is 0 Å². The zero-order chi connectivity index (χ0) is 21.3. The van der Waals surface area contributed by atoms with Gasteiger partial charge in [-0.25, -0.2) is 9.18 Å². The van der Waals surface area contributed by atoms with Crippen LogP contribution in [0.5, 0.6) is 11.5 Å². The largest absolute Gasteiger partial charge is 0.482 e. The summed E-state index contributed by atoms with van der Waals surface area (Å²) in [5, 5.41) is 9.35. The highest BCUT2D eigenvalue weighted by molar-refractivity contribution is 5.89. The first-order chi connectivity index (χ1) is 14.6. The van der Waals surface area contributed by atoms with Gasteiger partial charge in [-0.1, -0.05) is 49.4 Å². The third kappa shape index (κ3) is 5.55. The van der Waals surface area contributed by atoms with E-state index in [1.807, 2.05) is 30.3 Å². The van der Waals surface area contributed by atoms with Crippen LogP contribution in [0.25, 0.3) is 11.6 Å². The fourth-order valence-corrected chi connectivity index (χ4v) is 2.77. The lowest BCUT2D eigenvalue weighted by Crippen LogP contribution is -2.17. The number of rotatable bonds is 7. The number of esters is 1. The van der Waals surface area contributed by atoms with Crippen LogP contribution in [0.2, 0.25) is 0 Å². The van der Waals surface area contributed by atoms with Crippen molar-refractivity contribution in [1.29, 1.82) is 5.26 Å². The van der Waals surface area contributed by atoms with Crippen LogP contribution in [0.15, 0.2) is 72.8 Å². The van der Waals surface area contributed by atoms with E-state index < -0.39 is 11.8 Å². The van der Waals surface area contributed by atoms with E-state index in [1.165, 1.54) is 11.6 Å². The van der Waals surface area contributed by atoms with Gasteiger partial charge in [-0.3, -0.25) is 0 Å². The van der Waals surface area contributed by atoms with Gasteiger partial charge in [-0.05, 0) is 54.0 Å². The van der Waals surface area contributed by atoms with E-state index in [4.69, 9.17) is 9.47 Å². The van der Waals surface area contributed by atoms with Crippen molar-refractivity contribution < 1.29 is 18.7 Å². The number of ether oxygens (including phenoxy) is 2. The van der Waals surface area contributed by atoms with E-state index in [0.29, 0.717) is 17.1 Å². The van der Waals surface area contributed by atoms with E-state index in [0.717, 1.165) is 6.42 Å². The molecular formula is C25H20FNO3. The molecule has 0 radical (unpaired) electrons. The first-order valence-corrected chi connectivity index (χ1v) is 9.48. The fourth-order valence-electron chi connectivity index (χ4n) is 2.77. The maximum absolute atomic E-state index is 13.9. The van der Waals surface area contributed by atoms with Gasteiger partial charge in [0.2, 0.25) is 0 Å². The molecule has 0 heterocycles. The molecule has 0 N–H and O–H groups in total. The second-order valence-corrected chi connectivity index (χ2v) is 6.48. The summed E-state index contributed by atoms with van der Waals surface area (Å²) in [6.07, 6.45) is 2.51. The Morgan fingerprint density at radius 3 is 2.30 bits per heavy atom. The minimum atomic E-state index is -0.526. The molecule has 0 saturated carbocycles. The fraction of sp³-hybridized carbons (Fsp3) is 0.120. The molecule has 0 aromatic heterocycles. The molecule has 0 fully saturated rings. The van der Waals surface area contributed by atoms with Crippen molar-refractivity contribution in [3.8, 4) is 17.6 Å². The molecule has 3 aromatic rings. The topological polar surface area (TPSA) is 59.3 Å². The lowest BCUT2D eigenvalue weighted by Gasteiger charge is -2.08. The van der Waals surface area contributed by atoms with E-state index in [9.17, 15) is 14.4 Å². The van der Waals surface area contributed by atoms with Gasteiger partial charge >= 0.3 is 5.97 Å². The monoisotopic (exact) mass is 401 g/mol. The molecule has 0 saturated heterocycles. The van der Waals surface area contributed by atoms with Crippen LogP contribution < -0.4 is 9.47 Å². The van der Waals surface area contributed by atoms with Crippen molar-refractivity contribution in [1.82, 2.24) is 0 Å². The second-order valence-electron chi connectivity index (χ2n) is 6.48. The van der Waals surface area contributed by atoms with Crippen LogP contribution >= 0.6 is 0 Å². The SMILES string of the molecule is CCc1ccc(OCC(=O)Oc2ccc(/C=C(/C#N)c3ccccc3F)cc2)cc1. The van der Waals surface area contributed by atoms with Crippen LogP contribution in [0.3, 0.4) is 0 Å². The van der Waals surface area contributed by atoms with Crippen LogP contribution in [0, 0.1) is 17.1 Å². The van der Waals surface area contributed by atoms with Gasteiger partial charge in [-0.15, -0.1) is 0 Å². The summed E-state index contributed by atoms with van der Waals surface area (Å²) in [7, 11) is 0. The van der Waals surface area contributed by atoms with Crippen LogP contribution in [-0.2, 0) is 11.2 Å². The van der Waals surface area contributed by atoms with Crippen molar-refractivity contribution in [3.05, 3.63) is 95.3 Å². The number of nitrogens with zero attached hydrogens (tertiary/aromatic N) is 1. The molecule has 0 aliphatic heterocycles. The molecule has 3 aromatic carbocycles. The molecule has 0 unspecified atom stereocenters. The van der Waals surface area contributed by atoms with E-state index in [-0.39, 0.29) is 17.7 Å². The van der Waals surface area contributed by atoms with Gasteiger partial charge in [0.15, 0.2) is 6.61 Å². The molecule has 150 valence electrons. The number of carbonyl (C=O) groups excluding carboxylic acids is 1. The first-order valence-electron chi connectivity index (χ1n) is 9.48. The van der Waals surface area contributed by atoms with Gasteiger partial charge in [0, 0.05) is 5.56 Å². The Morgan fingerprint density at radius 1 is 1.00 bits per heavy atom. The van der Waals surface area contributed by atoms with Crippen molar-refractivity contribution in [3.63, 3.8) is 0 Å². The van der Waals surface area contributed by atoms with Crippen LogP contribution in [0.4, 0.5) is 4.39 Å². The van der Waals surface area contributed by atoms with Gasteiger partial charge in [0.1, 0.15) is 17.3 Å². The van der Waals surface area contributed by atoms with E-state index >= 15 is 0 Å². The molecule has 3 rings (SSSR count). The van der Waals surface area contributed by atoms with Gasteiger partial charge in [0.05, 0.1) is 11.6 Å². The van der Waals surface area contributed by atoms with Crippen molar-refractivity contribution in [2.24, 2.45) is 0 Å². The standard InChI is InChI=1S/C25H20FNO3/c1-2-18-7-11-21(12-8-18)29-17-25(28)30-22-13-9-19(10-14-22)15-20(16-27)23-5-3-4-6-24(23)26/h3-15H,2,17H2,1H3/b20-15-.